The third kappa shape index (κ3) is 30.5. The molecule has 0 amide bonds. The quantitative estimate of drug-likeness (QED) is 0.0367. The van der Waals surface area contributed by atoms with Crippen LogP contribution in [0.3, 0.4) is 0 Å². The fourth-order valence-corrected chi connectivity index (χ4v) is 9.56. The summed E-state index contributed by atoms with van der Waals surface area (Å²) >= 11 is 10.0. The molecule has 0 aliphatic rings. The third-order valence-electron chi connectivity index (χ3n) is 9.58. The predicted molar refractivity (Wildman–Crippen MR) is 233 cm³/mol. The summed E-state index contributed by atoms with van der Waals surface area (Å²) in [4.78, 5) is 25.1. The monoisotopic (exact) mass is 876 g/mol. The molecule has 0 bridgehead atoms. The normalized spacial score (nSPS) is 11.6. The van der Waals surface area contributed by atoms with Crippen molar-refractivity contribution in [2.24, 2.45) is 11.8 Å². The van der Waals surface area contributed by atoms with Gasteiger partial charge in [0.25, 0.3) is 0 Å². The molecule has 0 N–H and O–H groups in total. The van der Waals surface area contributed by atoms with E-state index in [1.807, 2.05) is 0 Å². The fourth-order valence-electron chi connectivity index (χ4n) is 5.72. The van der Waals surface area contributed by atoms with Crippen molar-refractivity contribution in [1.29, 1.82) is 0 Å². The molecule has 0 radical (unpaired) electrons. The summed E-state index contributed by atoms with van der Waals surface area (Å²) in [5.74, 6) is 0.458. The van der Waals surface area contributed by atoms with E-state index < -0.39 is 0 Å². The van der Waals surface area contributed by atoms with Crippen molar-refractivity contribution in [1.82, 2.24) is 0 Å². The summed E-state index contributed by atoms with van der Waals surface area (Å²) in [5, 5.41) is 0. The Morgan fingerprint density at radius 3 is 1.13 bits per heavy atom. The summed E-state index contributed by atoms with van der Waals surface area (Å²) in [6.45, 7) is 14.3. The number of hydrogen-bond donors (Lipinski definition) is 0. The van der Waals surface area contributed by atoms with Gasteiger partial charge in [0.15, 0.2) is 0 Å². The van der Waals surface area contributed by atoms with Gasteiger partial charge in [0.05, 0.1) is 24.3 Å². The van der Waals surface area contributed by atoms with Gasteiger partial charge in [-0.1, -0.05) is 90.5 Å². The molecular formula is C46H76O4S2Sn. The van der Waals surface area contributed by atoms with Crippen molar-refractivity contribution in [3.8, 4) is 0 Å². The number of ether oxygens (including phenoxy) is 2. The van der Waals surface area contributed by atoms with E-state index in [0.717, 1.165) is 35.5 Å². The topological polar surface area (TPSA) is 52.6 Å². The van der Waals surface area contributed by atoms with Gasteiger partial charge in [0.2, 0.25) is 0 Å². The van der Waals surface area contributed by atoms with Gasteiger partial charge in [-0.05, 0) is 48.9 Å². The maximum atomic E-state index is 11.8. The van der Waals surface area contributed by atoms with E-state index in [2.05, 4.69) is 41.5 Å². The van der Waals surface area contributed by atoms with Crippen molar-refractivity contribution < 1.29 is 19.1 Å². The summed E-state index contributed by atoms with van der Waals surface area (Å²) in [6.07, 6.45) is 27.0. The molecule has 2 unspecified atom stereocenters. The fraction of sp³-hybridized carbons (Fsp3) is 0.696. The Morgan fingerprint density at radius 2 is 0.811 bits per heavy atom. The number of esters is 2. The molecule has 0 aliphatic heterocycles. The molecule has 0 fully saturated rings. The number of carbonyl (C=O) groups is 2. The van der Waals surface area contributed by atoms with Crippen LogP contribution in [0.15, 0.2) is 58.3 Å². The SMILES string of the molecule is CCCCC(CC)COC(=O)c1ccc([S-])cc1.CCCCC(CC)COC(=O)c1ccc([S-])cc1.CCCCCCC[CH2][Sn+2][CH2]CCCCCCC. The Morgan fingerprint density at radius 1 is 0.491 bits per heavy atom. The van der Waals surface area contributed by atoms with E-state index >= 15 is 0 Å². The molecule has 4 nitrogen and oxygen atoms in total. The van der Waals surface area contributed by atoms with Crippen LogP contribution in [0, 0.1) is 11.8 Å². The standard InChI is InChI=1S/2C15H22O2S.2C8H17.Sn/c2*1-3-5-6-12(4-2)11-17-15(16)13-7-9-14(18)10-8-13;2*1-3-5-7-8-6-4-2;/h2*7-10,12,18H,3-6,11H2,1-2H3;2*1,3-8H2,2H3;/q;;;;+2/p-2. The van der Waals surface area contributed by atoms with Crippen LogP contribution in [0.25, 0.3) is 0 Å². The van der Waals surface area contributed by atoms with Crippen molar-refractivity contribution >= 4 is 58.3 Å². The first kappa shape index (κ1) is 51.6. The molecule has 0 heterocycles. The van der Waals surface area contributed by atoms with Crippen LogP contribution in [0.2, 0.25) is 8.87 Å². The Balaban J connectivity index is 0.000000766. The van der Waals surface area contributed by atoms with Gasteiger partial charge in [-0.15, -0.1) is 0 Å². The average Bonchev–Trinajstić information content (AvgIpc) is 3.17. The summed E-state index contributed by atoms with van der Waals surface area (Å²) in [7, 11) is 0. The van der Waals surface area contributed by atoms with Crippen molar-refractivity contribution in [2.75, 3.05) is 13.2 Å². The van der Waals surface area contributed by atoms with E-state index in [-0.39, 0.29) is 33.1 Å². The second-order valence-corrected chi connectivity index (χ2v) is 19.6. The van der Waals surface area contributed by atoms with Crippen molar-refractivity contribution in [2.45, 2.75) is 189 Å². The summed E-state index contributed by atoms with van der Waals surface area (Å²) < 4.78 is 14.0. The van der Waals surface area contributed by atoms with Crippen molar-refractivity contribution in [3.05, 3.63) is 59.7 Å². The van der Waals surface area contributed by atoms with Crippen LogP contribution in [0.1, 0.15) is 191 Å². The number of benzene rings is 2. The second-order valence-electron chi connectivity index (χ2n) is 14.4. The van der Waals surface area contributed by atoms with E-state index in [9.17, 15) is 9.59 Å². The molecule has 7 heteroatoms. The Hall–Kier alpha value is -1.38. The average molecular weight is 876 g/mol. The minimum atomic E-state index is -0.250. The summed E-state index contributed by atoms with van der Waals surface area (Å²) in [5.41, 5.74) is 1.16. The summed E-state index contributed by atoms with van der Waals surface area (Å²) in [6, 6.07) is 13.9. The zero-order valence-electron chi connectivity index (χ0n) is 34.7. The molecule has 0 aliphatic carbocycles. The van der Waals surface area contributed by atoms with Gasteiger partial charge in [-0.3, -0.25) is 0 Å². The van der Waals surface area contributed by atoms with Crippen LogP contribution < -0.4 is 0 Å². The minimum absolute atomic E-state index is 0.0736. The van der Waals surface area contributed by atoms with Gasteiger partial charge in [0, 0.05) is 0 Å². The second kappa shape index (κ2) is 37.5. The molecule has 53 heavy (non-hydrogen) atoms. The van der Waals surface area contributed by atoms with E-state index in [0.29, 0.717) is 36.2 Å². The van der Waals surface area contributed by atoms with Crippen LogP contribution in [-0.4, -0.2) is 46.3 Å². The van der Waals surface area contributed by atoms with Crippen LogP contribution >= 0.6 is 0 Å². The van der Waals surface area contributed by atoms with Gasteiger partial charge in [-0.2, -0.15) is 9.79 Å². The molecule has 2 aromatic carbocycles. The first-order valence-electron chi connectivity index (χ1n) is 21.3. The van der Waals surface area contributed by atoms with Crippen LogP contribution in [0.5, 0.6) is 0 Å². The van der Waals surface area contributed by atoms with Gasteiger partial charge >= 0.3 is 133 Å². The number of hydrogen-bond acceptors (Lipinski definition) is 6. The first-order valence-corrected chi connectivity index (χ1v) is 26.2. The molecule has 2 rings (SSSR count). The maximum absolute atomic E-state index is 11.8. The van der Waals surface area contributed by atoms with Crippen molar-refractivity contribution in [3.63, 3.8) is 0 Å². The molecule has 0 aromatic heterocycles. The predicted octanol–water partition coefficient (Wildman–Crippen LogP) is 14.2. The molecule has 2 aromatic rings. The third-order valence-corrected chi connectivity index (χ3v) is 14.2. The van der Waals surface area contributed by atoms with E-state index in [1.165, 1.54) is 89.9 Å². The van der Waals surface area contributed by atoms with Gasteiger partial charge in [0.1, 0.15) is 0 Å². The Labute approximate surface area is 348 Å². The molecular weight excluding hydrogens is 799 g/mol. The van der Waals surface area contributed by atoms with E-state index in [1.54, 1.807) is 70.2 Å². The van der Waals surface area contributed by atoms with Crippen LogP contribution in [0.4, 0.5) is 0 Å². The van der Waals surface area contributed by atoms with Gasteiger partial charge in [-0.25, -0.2) is 9.59 Å². The number of carbonyl (C=O) groups excluding carboxylic acids is 2. The molecule has 300 valence electrons. The number of unbranched alkanes of at least 4 members (excludes halogenated alkanes) is 12. The number of rotatable bonds is 28. The zero-order valence-corrected chi connectivity index (χ0v) is 39.2. The molecule has 0 saturated carbocycles. The Kier molecular flexibility index (Phi) is 36.6. The van der Waals surface area contributed by atoms with Gasteiger partial charge < -0.3 is 34.7 Å². The zero-order chi connectivity index (χ0) is 39.4. The molecule has 0 saturated heterocycles. The molecule has 2 atom stereocenters. The first-order chi connectivity index (χ1) is 25.8. The van der Waals surface area contributed by atoms with Crippen LogP contribution in [-0.2, 0) is 34.7 Å². The molecule has 0 spiro atoms. The Bertz CT molecular complexity index is 1020. The van der Waals surface area contributed by atoms with E-state index in [4.69, 9.17) is 34.7 Å².